The highest BCUT2D eigenvalue weighted by Gasteiger charge is 2.32. The lowest BCUT2D eigenvalue weighted by atomic mass is 10.1. The van der Waals surface area contributed by atoms with Crippen LogP contribution in [0.5, 0.6) is 0 Å². The number of nitrogens with zero attached hydrogens (tertiary/aromatic N) is 1. The second-order valence-electron chi connectivity index (χ2n) is 8.78. The molecule has 0 aromatic heterocycles. The number of carbonyl (C=O) groups excluding carboxylic acids is 4. The van der Waals surface area contributed by atoms with E-state index in [0.29, 0.717) is 6.42 Å². The van der Waals surface area contributed by atoms with Gasteiger partial charge >= 0.3 is 6.03 Å². The molecule has 0 spiro atoms. The lowest BCUT2D eigenvalue weighted by Crippen LogP contribution is -2.61. The fourth-order valence-electron chi connectivity index (χ4n) is 3.61. The molecule has 0 aliphatic carbocycles. The highest BCUT2D eigenvalue weighted by atomic mass is 16.2. The first-order valence-corrected chi connectivity index (χ1v) is 12.9. The van der Waals surface area contributed by atoms with Gasteiger partial charge in [0, 0.05) is 33.0 Å². The first kappa shape index (κ1) is 29.4. The molecule has 1 unspecified atom stereocenters. The van der Waals surface area contributed by atoms with Crippen LogP contribution in [0.1, 0.15) is 90.4 Å². The lowest BCUT2D eigenvalue weighted by molar-refractivity contribution is -0.134. The smallest absolute Gasteiger partial charge is 0.323 e. The standard InChI is InChI=1S/C26H44N4O4/c1-3-4-5-6-7-8-9-10-11-12-13-14-15-16-17-18-23(31)27-20-19-24(32)29-22-21-28-26(34)30(2)25(22)33/h7-8,10-11,22H,3-6,9,12-21H2,1-2H3,(H,27,31)(H,28,34)(H,29,32). The Kier molecular flexibility index (Phi) is 16.2. The van der Waals surface area contributed by atoms with Crippen molar-refractivity contribution in [3.8, 4) is 0 Å². The SMILES string of the molecule is CCCCCC=CCC=CCCCCCCCC(=O)NCCC(=O)NC1CNC(=O)N(C)C1=O. The average Bonchev–Trinajstić information content (AvgIpc) is 2.82. The molecule has 0 aromatic rings. The molecular formula is C26H44N4O4. The van der Waals surface area contributed by atoms with Gasteiger partial charge in [-0.25, -0.2) is 4.79 Å². The van der Waals surface area contributed by atoms with Gasteiger partial charge in [-0.15, -0.1) is 0 Å². The summed E-state index contributed by atoms with van der Waals surface area (Å²) in [6, 6.07) is -1.24. The Bertz CT molecular complexity index is 690. The van der Waals surface area contributed by atoms with Crippen LogP contribution in [-0.4, -0.2) is 54.8 Å². The van der Waals surface area contributed by atoms with Crippen molar-refractivity contribution in [2.45, 2.75) is 96.4 Å². The zero-order chi connectivity index (χ0) is 25.0. The molecule has 5 amide bonds. The number of carbonyl (C=O) groups is 4. The van der Waals surface area contributed by atoms with Crippen molar-refractivity contribution in [2.75, 3.05) is 20.1 Å². The number of unbranched alkanes of at least 4 members (excludes halogenated alkanes) is 8. The number of rotatable bonds is 18. The van der Waals surface area contributed by atoms with Gasteiger partial charge in [0.15, 0.2) is 0 Å². The molecule has 3 N–H and O–H groups in total. The normalized spacial score (nSPS) is 16.3. The molecule has 0 radical (unpaired) electrons. The summed E-state index contributed by atoms with van der Waals surface area (Å²) in [5.74, 6) is -0.832. The van der Waals surface area contributed by atoms with Crippen LogP contribution in [0.2, 0.25) is 0 Å². The third-order valence-corrected chi connectivity index (χ3v) is 5.75. The van der Waals surface area contributed by atoms with Gasteiger partial charge in [-0.3, -0.25) is 19.3 Å². The Morgan fingerprint density at radius 3 is 2.26 bits per heavy atom. The average molecular weight is 477 g/mol. The van der Waals surface area contributed by atoms with Crippen molar-refractivity contribution in [1.29, 1.82) is 0 Å². The van der Waals surface area contributed by atoms with Crippen molar-refractivity contribution in [3.05, 3.63) is 24.3 Å². The van der Waals surface area contributed by atoms with Gasteiger partial charge in [0.2, 0.25) is 11.8 Å². The Labute approximate surface area is 205 Å². The summed E-state index contributed by atoms with van der Waals surface area (Å²) in [7, 11) is 1.36. The number of urea groups is 1. The van der Waals surface area contributed by atoms with E-state index >= 15 is 0 Å². The summed E-state index contributed by atoms with van der Waals surface area (Å²) >= 11 is 0. The van der Waals surface area contributed by atoms with E-state index in [1.54, 1.807) is 0 Å². The van der Waals surface area contributed by atoms with Crippen LogP contribution >= 0.6 is 0 Å². The molecule has 1 rings (SSSR count). The number of imide groups is 1. The first-order chi connectivity index (χ1) is 16.5. The number of hydrogen-bond acceptors (Lipinski definition) is 4. The van der Waals surface area contributed by atoms with Gasteiger partial charge in [0.25, 0.3) is 5.91 Å². The summed E-state index contributed by atoms with van der Waals surface area (Å²) in [5, 5.41) is 7.87. The fraction of sp³-hybridized carbons (Fsp3) is 0.692. The maximum atomic E-state index is 12.0. The molecule has 1 heterocycles. The summed E-state index contributed by atoms with van der Waals surface area (Å²) in [5.41, 5.74) is 0. The molecule has 1 atom stereocenters. The predicted molar refractivity (Wildman–Crippen MR) is 135 cm³/mol. The van der Waals surface area contributed by atoms with Crippen LogP contribution in [0.3, 0.4) is 0 Å². The van der Waals surface area contributed by atoms with Crippen LogP contribution in [0.4, 0.5) is 4.79 Å². The lowest BCUT2D eigenvalue weighted by Gasteiger charge is -2.29. The molecule has 0 aromatic carbocycles. The third-order valence-electron chi connectivity index (χ3n) is 5.75. The molecule has 0 bridgehead atoms. The second kappa shape index (κ2) is 18.7. The van der Waals surface area contributed by atoms with Gasteiger partial charge < -0.3 is 16.0 Å². The predicted octanol–water partition coefficient (Wildman–Crippen LogP) is 3.97. The quantitative estimate of drug-likeness (QED) is 0.205. The molecule has 1 fully saturated rings. The van der Waals surface area contributed by atoms with E-state index in [-0.39, 0.29) is 31.3 Å². The molecule has 34 heavy (non-hydrogen) atoms. The minimum absolute atomic E-state index is 0.0563. The van der Waals surface area contributed by atoms with E-state index in [4.69, 9.17) is 0 Å². The maximum Gasteiger partial charge on any atom is 0.323 e. The zero-order valence-corrected chi connectivity index (χ0v) is 21.1. The van der Waals surface area contributed by atoms with Crippen LogP contribution in [0, 0.1) is 0 Å². The molecule has 192 valence electrons. The number of hydrogen-bond donors (Lipinski definition) is 3. The second-order valence-corrected chi connectivity index (χ2v) is 8.78. The Hall–Kier alpha value is -2.64. The van der Waals surface area contributed by atoms with E-state index in [1.807, 2.05) is 0 Å². The van der Waals surface area contributed by atoms with E-state index in [1.165, 1.54) is 45.6 Å². The van der Waals surface area contributed by atoms with E-state index in [9.17, 15) is 19.2 Å². The minimum atomic E-state index is -0.765. The Morgan fingerprint density at radius 2 is 1.56 bits per heavy atom. The van der Waals surface area contributed by atoms with Gasteiger partial charge in [-0.2, -0.15) is 0 Å². The summed E-state index contributed by atoms with van der Waals surface area (Å²) in [6.07, 6.45) is 22.2. The van der Waals surface area contributed by atoms with Crippen LogP contribution < -0.4 is 16.0 Å². The Morgan fingerprint density at radius 1 is 0.912 bits per heavy atom. The van der Waals surface area contributed by atoms with Gasteiger partial charge in [0.05, 0.1) is 0 Å². The van der Waals surface area contributed by atoms with Crippen LogP contribution in [-0.2, 0) is 14.4 Å². The summed E-state index contributed by atoms with van der Waals surface area (Å²) in [4.78, 5) is 48.2. The topological polar surface area (TPSA) is 108 Å². The summed E-state index contributed by atoms with van der Waals surface area (Å²) in [6.45, 7) is 2.53. The van der Waals surface area contributed by atoms with Crippen LogP contribution in [0.25, 0.3) is 0 Å². The number of likely N-dealkylation sites (N-methyl/N-ethyl adjacent to an activating group) is 1. The maximum absolute atomic E-state index is 12.0. The zero-order valence-electron chi connectivity index (χ0n) is 21.1. The highest BCUT2D eigenvalue weighted by Crippen LogP contribution is 2.08. The van der Waals surface area contributed by atoms with Gasteiger partial charge in [-0.1, -0.05) is 63.3 Å². The van der Waals surface area contributed by atoms with Crippen molar-refractivity contribution in [2.24, 2.45) is 0 Å². The summed E-state index contributed by atoms with van der Waals surface area (Å²) < 4.78 is 0. The Balaban J connectivity index is 1.94. The molecule has 0 saturated carbocycles. The van der Waals surface area contributed by atoms with Gasteiger partial charge in [0.1, 0.15) is 6.04 Å². The first-order valence-electron chi connectivity index (χ1n) is 12.9. The molecule has 8 heteroatoms. The fourth-order valence-corrected chi connectivity index (χ4v) is 3.61. The molecule has 8 nitrogen and oxygen atoms in total. The number of nitrogens with one attached hydrogen (secondary N) is 3. The largest absolute Gasteiger partial charge is 0.356 e. The monoisotopic (exact) mass is 476 g/mol. The van der Waals surface area contributed by atoms with Gasteiger partial charge in [-0.05, 0) is 38.5 Å². The van der Waals surface area contributed by atoms with E-state index in [2.05, 4.69) is 47.2 Å². The minimum Gasteiger partial charge on any atom is -0.356 e. The molecule has 1 aliphatic rings. The van der Waals surface area contributed by atoms with E-state index in [0.717, 1.165) is 37.0 Å². The molecule has 1 aliphatic heterocycles. The number of amides is 5. The third kappa shape index (κ3) is 13.8. The highest BCUT2D eigenvalue weighted by molar-refractivity contribution is 6.01. The van der Waals surface area contributed by atoms with Crippen molar-refractivity contribution < 1.29 is 19.2 Å². The van der Waals surface area contributed by atoms with E-state index < -0.39 is 18.0 Å². The van der Waals surface area contributed by atoms with Crippen molar-refractivity contribution in [3.63, 3.8) is 0 Å². The van der Waals surface area contributed by atoms with Crippen molar-refractivity contribution >= 4 is 23.8 Å². The molecular weight excluding hydrogens is 432 g/mol. The number of allylic oxidation sites excluding steroid dienone is 4. The van der Waals surface area contributed by atoms with Crippen molar-refractivity contribution in [1.82, 2.24) is 20.9 Å². The molecule has 1 saturated heterocycles. The van der Waals surface area contributed by atoms with Crippen LogP contribution in [0.15, 0.2) is 24.3 Å².